The van der Waals surface area contributed by atoms with Gasteiger partial charge >= 0.3 is 12.0 Å². The highest BCUT2D eigenvalue weighted by Crippen LogP contribution is 2.29. The number of hydrogen-bond acceptors (Lipinski definition) is 2. The van der Waals surface area contributed by atoms with Crippen LogP contribution in [-0.2, 0) is 4.79 Å². The predicted octanol–water partition coefficient (Wildman–Crippen LogP) is 4.57. The summed E-state index contributed by atoms with van der Waals surface area (Å²) in [5.74, 6) is -1.13. The fourth-order valence-corrected chi connectivity index (χ4v) is 3.58. The molecule has 0 aromatic heterocycles. The topological polar surface area (TPSA) is 69.6 Å². The lowest BCUT2D eigenvalue weighted by atomic mass is 9.95. The van der Waals surface area contributed by atoms with Crippen LogP contribution in [0.1, 0.15) is 31.4 Å². The van der Waals surface area contributed by atoms with Gasteiger partial charge < -0.3 is 15.3 Å². The van der Waals surface area contributed by atoms with E-state index < -0.39 is 5.97 Å². The highest BCUT2D eigenvalue weighted by molar-refractivity contribution is 6.30. The van der Waals surface area contributed by atoms with Crippen molar-refractivity contribution in [2.75, 3.05) is 13.1 Å². The minimum absolute atomic E-state index is 0.155. The number of likely N-dealkylation sites (tertiary alicyclic amines) is 1. The number of carboxylic acid groups (broad SMARTS) is 1. The number of rotatable bonds is 4. The lowest BCUT2D eigenvalue weighted by Crippen LogP contribution is -2.46. The first-order valence-corrected chi connectivity index (χ1v) is 9.46. The van der Waals surface area contributed by atoms with Crippen molar-refractivity contribution in [3.63, 3.8) is 0 Å². The number of carboxylic acids is 1. The van der Waals surface area contributed by atoms with E-state index in [4.69, 9.17) is 16.7 Å². The van der Waals surface area contributed by atoms with E-state index in [1.165, 1.54) is 0 Å². The Kier molecular flexibility index (Phi) is 6.01. The Hall–Kier alpha value is -2.53. The minimum atomic E-state index is -0.777. The number of piperidine rings is 1. The molecule has 1 saturated heterocycles. The molecule has 2 amide bonds. The molecular formula is C21H23ClN2O3. The van der Waals surface area contributed by atoms with Crippen LogP contribution in [0.3, 0.4) is 0 Å². The number of aliphatic carboxylic acids is 1. The maximum Gasteiger partial charge on any atom is 0.317 e. The number of nitrogens with one attached hydrogen (secondary N) is 1. The monoisotopic (exact) mass is 386 g/mol. The van der Waals surface area contributed by atoms with Gasteiger partial charge in [0.05, 0.1) is 12.0 Å². The summed E-state index contributed by atoms with van der Waals surface area (Å²) in [4.78, 5) is 25.4. The average molecular weight is 387 g/mol. The molecule has 1 heterocycles. The Labute approximate surface area is 163 Å². The molecule has 0 saturated carbocycles. The summed E-state index contributed by atoms with van der Waals surface area (Å²) in [6.07, 6.45) is 0.997. The largest absolute Gasteiger partial charge is 0.481 e. The lowest BCUT2D eigenvalue weighted by Gasteiger charge is -2.31. The van der Waals surface area contributed by atoms with Crippen molar-refractivity contribution in [2.24, 2.45) is 5.92 Å². The van der Waals surface area contributed by atoms with Gasteiger partial charge in [-0.2, -0.15) is 0 Å². The zero-order valence-corrected chi connectivity index (χ0v) is 15.9. The second-order valence-corrected chi connectivity index (χ2v) is 7.30. The van der Waals surface area contributed by atoms with Gasteiger partial charge in [0.1, 0.15) is 0 Å². The Bertz CT molecular complexity index is 814. The van der Waals surface area contributed by atoms with E-state index >= 15 is 0 Å². The SMILES string of the molecule is CC(NC(=O)N1CCC(C(=O)O)CC1)c1ccccc1-c1ccc(Cl)cc1. The van der Waals surface area contributed by atoms with Gasteiger partial charge in [0.15, 0.2) is 0 Å². The van der Waals surface area contributed by atoms with Crippen molar-refractivity contribution in [2.45, 2.75) is 25.8 Å². The molecule has 27 heavy (non-hydrogen) atoms. The van der Waals surface area contributed by atoms with Crippen molar-refractivity contribution < 1.29 is 14.7 Å². The molecule has 142 valence electrons. The quantitative estimate of drug-likeness (QED) is 0.808. The van der Waals surface area contributed by atoms with Gasteiger partial charge in [-0.25, -0.2) is 4.79 Å². The molecule has 1 fully saturated rings. The number of urea groups is 1. The summed E-state index contributed by atoms with van der Waals surface area (Å²) in [6.45, 7) is 2.89. The van der Waals surface area contributed by atoms with Crippen LogP contribution < -0.4 is 5.32 Å². The van der Waals surface area contributed by atoms with Crippen LogP contribution in [0.4, 0.5) is 4.79 Å². The molecule has 0 bridgehead atoms. The van der Waals surface area contributed by atoms with E-state index in [1.54, 1.807) is 4.90 Å². The molecule has 2 aromatic carbocycles. The highest BCUT2D eigenvalue weighted by Gasteiger charge is 2.27. The van der Waals surface area contributed by atoms with E-state index in [-0.39, 0.29) is 18.0 Å². The second kappa shape index (κ2) is 8.44. The Morgan fingerprint density at radius 1 is 1.11 bits per heavy atom. The van der Waals surface area contributed by atoms with Crippen LogP contribution in [0.15, 0.2) is 48.5 Å². The van der Waals surface area contributed by atoms with Gasteiger partial charge in [-0.05, 0) is 48.6 Å². The number of benzene rings is 2. The van der Waals surface area contributed by atoms with Crippen molar-refractivity contribution in [1.82, 2.24) is 10.2 Å². The van der Waals surface area contributed by atoms with Crippen LogP contribution in [0.5, 0.6) is 0 Å². The van der Waals surface area contributed by atoms with Crippen molar-refractivity contribution in [3.8, 4) is 11.1 Å². The molecule has 0 aliphatic carbocycles. The normalized spacial score (nSPS) is 16.0. The van der Waals surface area contributed by atoms with Crippen molar-refractivity contribution in [3.05, 3.63) is 59.1 Å². The molecule has 3 rings (SSSR count). The van der Waals surface area contributed by atoms with Gasteiger partial charge in [-0.1, -0.05) is 48.0 Å². The maximum atomic E-state index is 12.6. The first-order chi connectivity index (χ1) is 13.0. The van der Waals surface area contributed by atoms with Crippen molar-refractivity contribution in [1.29, 1.82) is 0 Å². The number of halogens is 1. The molecule has 2 aromatic rings. The number of nitrogens with zero attached hydrogens (tertiary/aromatic N) is 1. The van der Waals surface area contributed by atoms with Gasteiger partial charge in [-0.3, -0.25) is 4.79 Å². The van der Waals surface area contributed by atoms with E-state index in [9.17, 15) is 9.59 Å². The van der Waals surface area contributed by atoms with E-state index in [0.29, 0.717) is 31.0 Å². The van der Waals surface area contributed by atoms with Gasteiger partial charge in [0.25, 0.3) is 0 Å². The molecule has 0 spiro atoms. The first-order valence-electron chi connectivity index (χ1n) is 9.09. The molecule has 6 heteroatoms. The lowest BCUT2D eigenvalue weighted by molar-refractivity contribution is -0.143. The van der Waals surface area contributed by atoms with Crippen molar-refractivity contribution >= 4 is 23.6 Å². The number of carbonyl (C=O) groups excluding carboxylic acids is 1. The second-order valence-electron chi connectivity index (χ2n) is 6.86. The molecule has 1 atom stereocenters. The van der Waals surface area contributed by atoms with E-state index in [2.05, 4.69) is 5.32 Å². The number of hydrogen-bond donors (Lipinski definition) is 2. The fourth-order valence-electron chi connectivity index (χ4n) is 3.45. The zero-order chi connectivity index (χ0) is 19.4. The molecule has 0 radical (unpaired) electrons. The van der Waals surface area contributed by atoms with Gasteiger partial charge in [0, 0.05) is 18.1 Å². The predicted molar refractivity (Wildman–Crippen MR) is 106 cm³/mol. The summed E-state index contributed by atoms with van der Waals surface area (Å²) in [7, 11) is 0. The van der Waals surface area contributed by atoms with Crippen LogP contribution >= 0.6 is 11.6 Å². The molecule has 5 nitrogen and oxygen atoms in total. The zero-order valence-electron chi connectivity index (χ0n) is 15.2. The van der Waals surface area contributed by atoms with Crippen LogP contribution in [0.2, 0.25) is 5.02 Å². The summed E-state index contributed by atoms with van der Waals surface area (Å²) in [5, 5.41) is 12.8. The summed E-state index contributed by atoms with van der Waals surface area (Å²) >= 11 is 5.99. The smallest absolute Gasteiger partial charge is 0.317 e. The summed E-state index contributed by atoms with van der Waals surface area (Å²) in [5.41, 5.74) is 3.11. The maximum absolute atomic E-state index is 12.6. The molecule has 1 aliphatic heterocycles. The molecule has 2 N–H and O–H groups in total. The standard InChI is InChI=1S/C21H23ClN2O3/c1-14(23-21(27)24-12-10-16(11-13-24)20(25)26)18-4-2-3-5-19(18)15-6-8-17(22)9-7-15/h2-9,14,16H,10-13H2,1H3,(H,23,27)(H,25,26). The van der Waals surface area contributed by atoms with Gasteiger partial charge in [0.2, 0.25) is 0 Å². The third-order valence-electron chi connectivity index (χ3n) is 5.05. The van der Waals surface area contributed by atoms with Crippen LogP contribution in [0.25, 0.3) is 11.1 Å². The Morgan fingerprint density at radius 2 is 1.74 bits per heavy atom. The Balaban J connectivity index is 1.70. The van der Waals surface area contributed by atoms with E-state index in [1.807, 2.05) is 55.5 Å². The summed E-state index contributed by atoms with van der Waals surface area (Å²) in [6, 6.07) is 15.3. The van der Waals surface area contributed by atoms with Gasteiger partial charge in [-0.15, -0.1) is 0 Å². The molecule has 1 aliphatic rings. The average Bonchev–Trinajstić information content (AvgIpc) is 2.68. The molecular weight excluding hydrogens is 364 g/mol. The van der Waals surface area contributed by atoms with Crippen LogP contribution in [-0.4, -0.2) is 35.1 Å². The highest BCUT2D eigenvalue weighted by atomic mass is 35.5. The summed E-state index contributed by atoms with van der Waals surface area (Å²) < 4.78 is 0. The fraction of sp³-hybridized carbons (Fsp3) is 0.333. The molecule has 1 unspecified atom stereocenters. The third-order valence-corrected chi connectivity index (χ3v) is 5.31. The Morgan fingerprint density at radius 3 is 2.37 bits per heavy atom. The minimum Gasteiger partial charge on any atom is -0.481 e. The number of amides is 2. The van der Waals surface area contributed by atoms with Crippen LogP contribution in [0, 0.1) is 5.92 Å². The first kappa shape index (κ1) is 19.2. The third kappa shape index (κ3) is 4.61. The number of carbonyl (C=O) groups is 2. The van der Waals surface area contributed by atoms with E-state index in [0.717, 1.165) is 16.7 Å².